The number of anilines is 1. The van der Waals surface area contributed by atoms with Crippen LogP contribution in [0.5, 0.6) is 0 Å². The van der Waals surface area contributed by atoms with E-state index in [0.29, 0.717) is 30.6 Å². The molecular formula is C19H19F2N3O2. The smallest absolute Gasteiger partial charge is 0.243 e. The molecule has 1 aliphatic rings. The molecule has 0 unspecified atom stereocenters. The lowest BCUT2D eigenvalue weighted by Gasteiger charge is -2.19. The zero-order chi connectivity index (χ0) is 18.5. The van der Waals surface area contributed by atoms with E-state index >= 15 is 0 Å². The quantitative estimate of drug-likeness (QED) is 0.764. The summed E-state index contributed by atoms with van der Waals surface area (Å²) >= 11 is 0. The van der Waals surface area contributed by atoms with Crippen LogP contribution in [-0.4, -0.2) is 24.9 Å². The summed E-state index contributed by atoms with van der Waals surface area (Å²) in [6.07, 6.45) is 0.528. The Morgan fingerprint density at radius 1 is 1.12 bits per heavy atom. The normalized spacial score (nSPS) is 13.0. The molecule has 2 aromatic rings. The fourth-order valence-corrected chi connectivity index (χ4v) is 2.90. The van der Waals surface area contributed by atoms with E-state index in [4.69, 9.17) is 0 Å². The Morgan fingerprint density at radius 2 is 1.96 bits per heavy atom. The van der Waals surface area contributed by atoms with Gasteiger partial charge in [0.25, 0.3) is 0 Å². The number of carbonyl (C=O) groups is 2. The molecule has 3 N–H and O–H groups in total. The van der Waals surface area contributed by atoms with Gasteiger partial charge in [-0.2, -0.15) is 0 Å². The van der Waals surface area contributed by atoms with E-state index in [1.54, 1.807) is 12.1 Å². The average Bonchev–Trinajstić information content (AvgIpc) is 2.63. The van der Waals surface area contributed by atoms with E-state index < -0.39 is 23.4 Å². The van der Waals surface area contributed by atoms with E-state index in [9.17, 15) is 18.4 Å². The molecule has 2 amide bonds. The molecule has 136 valence electrons. The molecule has 1 aliphatic heterocycles. The summed E-state index contributed by atoms with van der Waals surface area (Å²) in [6, 6.07) is 8.99. The first-order valence-corrected chi connectivity index (χ1v) is 8.35. The molecule has 26 heavy (non-hydrogen) atoms. The van der Waals surface area contributed by atoms with Crippen LogP contribution in [0.3, 0.4) is 0 Å². The Balaban J connectivity index is 1.53. The average molecular weight is 359 g/mol. The van der Waals surface area contributed by atoms with Crippen LogP contribution in [-0.2, 0) is 29.0 Å². The van der Waals surface area contributed by atoms with Gasteiger partial charge in [-0.05, 0) is 47.9 Å². The largest absolute Gasteiger partial charge is 0.347 e. The maximum absolute atomic E-state index is 14.5. The molecule has 7 heteroatoms. The number of hydrogen-bond acceptors (Lipinski definition) is 3. The minimum Gasteiger partial charge on any atom is -0.347 e. The maximum Gasteiger partial charge on any atom is 0.243 e. The molecule has 2 aromatic carbocycles. The predicted molar refractivity (Wildman–Crippen MR) is 93.6 cm³/mol. The Kier molecular flexibility index (Phi) is 5.58. The highest BCUT2D eigenvalue weighted by Gasteiger charge is 2.17. The van der Waals surface area contributed by atoms with Crippen molar-refractivity contribution in [3.63, 3.8) is 0 Å². The first kappa shape index (κ1) is 18.0. The number of halogens is 2. The molecule has 0 aliphatic carbocycles. The molecule has 0 saturated heterocycles. The zero-order valence-corrected chi connectivity index (χ0v) is 14.1. The van der Waals surface area contributed by atoms with Crippen molar-refractivity contribution in [2.45, 2.75) is 19.4 Å². The van der Waals surface area contributed by atoms with Gasteiger partial charge in [-0.3, -0.25) is 9.59 Å². The van der Waals surface area contributed by atoms with Crippen molar-refractivity contribution in [1.82, 2.24) is 10.6 Å². The Labute approximate surface area is 149 Å². The van der Waals surface area contributed by atoms with Gasteiger partial charge < -0.3 is 16.0 Å². The molecule has 0 radical (unpaired) electrons. The molecule has 0 saturated carbocycles. The second kappa shape index (κ2) is 8.05. The van der Waals surface area contributed by atoms with Gasteiger partial charge in [0.2, 0.25) is 11.8 Å². The SMILES string of the molecule is O=C(Cc1cccc(F)c1)NCC(=O)Nc1ccc2c(c1F)CCNC2. The predicted octanol–water partition coefficient (Wildman–Crippen LogP) is 1.91. The summed E-state index contributed by atoms with van der Waals surface area (Å²) in [6.45, 7) is 1.01. The highest BCUT2D eigenvalue weighted by atomic mass is 19.1. The summed E-state index contributed by atoms with van der Waals surface area (Å²) < 4.78 is 27.6. The Hall–Kier alpha value is -2.80. The molecule has 0 spiro atoms. The lowest BCUT2D eigenvalue weighted by molar-refractivity contribution is -0.123. The van der Waals surface area contributed by atoms with Gasteiger partial charge in [0.1, 0.15) is 11.6 Å². The zero-order valence-electron chi connectivity index (χ0n) is 14.1. The van der Waals surface area contributed by atoms with Crippen molar-refractivity contribution >= 4 is 17.5 Å². The van der Waals surface area contributed by atoms with Crippen LogP contribution in [0.1, 0.15) is 16.7 Å². The van der Waals surface area contributed by atoms with Crippen molar-refractivity contribution in [1.29, 1.82) is 0 Å². The second-order valence-corrected chi connectivity index (χ2v) is 6.12. The minimum absolute atomic E-state index is 0.0365. The van der Waals surface area contributed by atoms with Crippen LogP contribution < -0.4 is 16.0 Å². The van der Waals surface area contributed by atoms with Crippen molar-refractivity contribution in [3.05, 3.63) is 64.7 Å². The highest BCUT2D eigenvalue weighted by Crippen LogP contribution is 2.24. The number of nitrogens with one attached hydrogen (secondary N) is 3. The minimum atomic E-state index is -0.523. The third-order valence-corrected chi connectivity index (χ3v) is 4.18. The van der Waals surface area contributed by atoms with Gasteiger partial charge in [-0.25, -0.2) is 8.78 Å². The van der Waals surface area contributed by atoms with E-state index in [-0.39, 0.29) is 18.7 Å². The van der Waals surface area contributed by atoms with Crippen molar-refractivity contribution in [3.8, 4) is 0 Å². The van der Waals surface area contributed by atoms with Crippen LogP contribution in [0.4, 0.5) is 14.5 Å². The van der Waals surface area contributed by atoms with Gasteiger partial charge >= 0.3 is 0 Å². The van der Waals surface area contributed by atoms with Gasteiger partial charge in [0, 0.05) is 6.54 Å². The number of carbonyl (C=O) groups excluding carboxylic acids is 2. The number of benzene rings is 2. The third-order valence-electron chi connectivity index (χ3n) is 4.18. The van der Waals surface area contributed by atoms with E-state index in [0.717, 1.165) is 5.56 Å². The summed E-state index contributed by atoms with van der Waals surface area (Å²) in [4.78, 5) is 23.8. The first-order chi connectivity index (χ1) is 12.5. The Morgan fingerprint density at radius 3 is 2.77 bits per heavy atom. The standard InChI is InChI=1S/C19H19F2N3O2/c20-14-3-1-2-12(8-14)9-17(25)23-11-18(26)24-16-5-4-13-10-22-7-6-15(13)19(16)21/h1-5,8,22H,6-7,9-11H2,(H,23,25)(H,24,26). The van der Waals surface area contributed by atoms with E-state index in [1.165, 1.54) is 24.3 Å². The summed E-state index contributed by atoms with van der Waals surface area (Å²) in [5, 5.41) is 8.09. The summed E-state index contributed by atoms with van der Waals surface area (Å²) in [5.74, 6) is -1.79. The van der Waals surface area contributed by atoms with Crippen LogP contribution in [0.15, 0.2) is 36.4 Å². The van der Waals surface area contributed by atoms with E-state index in [2.05, 4.69) is 16.0 Å². The van der Waals surface area contributed by atoms with Gasteiger partial charge in [-0.15, -0.1) is 0 Å². The molecule has 0 aromatic heterocycles. The molecular weight excluding hydrogens is 340 g/mol. The molecule has 0 bridgehead atoms. The number of amides is 2. The first-order valence-electron chi connectivity index (χ1n) is 8.35. The van der Waals surface area contributed by atoms with E-state index in [1.807, 2.05) is 0 Å². The lowest BCUT2D eigenvalue weighted by Crippen LogP contribution is -2.34. The molecule has 5 nitrogen and oxygen atoms in total. The van der Waals surface area contributed by atoms with Gasteiger partial charge in [0.05, 0.1) is 18.7 Å². The molecule has 0 atom stereocenters. The highest BCUT2D eigenvalue weighted by molar-refractivity contribution is 5.95. The lowest BCUT2D eigenvalue weighted by atomic mass is 9.99. The van der Waals surface area contributed by atoms with Crippen molar-refractivity contribution < 1.29 is 18.4 Å². The number of rotatable bonds is 5. The summed E-state index contributed by atoms with van der Waals surface area (Å²) in [5.41, 5.74) is 2.11. The molecule has 0 fully saturated rings. The van der Waals surface area contributed by atoms with Crippen LogP contribution in [0, 0.1) is 11.6 Å². The third kappa shape index (κ3) is 4.43. The fraction of sp³-hybridized carbons (Fsp3) is 0.263. The van der Waals surface area contributed by atoms with Crippen molar-refractivity contribution in [2.24, 2.45) is 0 Å². The molecule has 1 heterocycles. The van der Waals surface area contributed by atoms with Gasteiger partial charge in [0.15, 0.2) is 0 Å². The Bertz CT molecular complexity index is 840. The topological polar surface area (TPSA) is 70.2 Å². The van der Waals surface area contributed by atoms with Gasteiger partial charge in [-0.1, -0.05) is 18.2 Å². The molecule has 3 rings (SSSR count). The van der Waals surface area contributed by atoms with Crippen LogP contribution >= 0.6 is 0 Å². The fourth-order valence-electron chi connectivity index (χ4n) is 2.90. The van der Waals surface area contributed by atoms with Crippen molar-refractivity contribution in [2.75, 3.05) is 18.4 Å². The second-order valence-electron chi connectivity index (χ2n) is 6.12. The number of fused-ring (bicyclic) bond motifs is 1. The van der Waals surface area contributed by atoms with Crippen LogP contribution in [0.2, 0.25) is 0 Å². The van der Waals surface area contributed by atoms with Crippen LogP contribution in [0.25, 0.3) is 0 Å². The number of hydrogen-bond donors (Lipinski definition) is 3. The monoisotopic (exact) mass is 359 g/mol. The summed E-state index contributed by atoms with van der Waals surface area (Å²) in [7, 11) is 0. The maximum atomic E-state index is 14.5.